The smallest absolute Gasteiger partial charge is 0.328 e. The van der Waals surface area contributed by atoms with E-state index in [9.17, 15) is 42.0 Å². The minimum atomic E-state index is -4.03. The van der Waals surface area contributed by atoms with Crippen LogP contribution in [0.15, 0.2) is 88.6 Å². The number of imidazole rings is 1. The first-order valence-corrected chi connectivity index (χ1v) is 22.5. The SMILES string of the molecule is CCCOc1cccc(Oc2cc3c(cc2CS(=O)(=O)c2cccc(C(=O)CCCCCNC(=O)COc4cccc5c4C(=O)N(C4CCC(=O)NC4=O)C5=O)c2)n(C)c(=O)n3C)c1. The number of hydrogen-bond donors (Lipinski definition) is 2. The molecule has 64 heavy (non-hydrogen) atoms. The van der Waals surface area contributed by atoms with E-state index < -0.39 is 57.8 Å². The van der Waals surface area contributed by atoms with Crippen LogP contribution in [0, 0.1) is 0 Å². The van der Waals surface area contributed by atoms with Crippen molar-refractivity contribution in [2.75, 3.05) is 19.8 Å². The number of fused-ring (bicyclic) bond motifs is 2. The number of unbranched alkanes of at least 4 members (excludes halogenated alkanes) is 2. The fourth-order valence-electron chi connectivity index (χ4n) is 7.66. The molecule has 17 nitrogen and oxygen atoms in total. The van der Waals surface area contributed by atoms with Gasteiger partial charge in [-0.05, 0) is 68.1 Å². The summed E-state index contributed by atoms with van der Waals surface area (Å²) in [6.45, 7) is 2.32. The zero-order valence-corrected chi connectivity index (χ0v) is 36.3. The quantitative estimate of drug-likeness (QED) is 0.0651. The van der Waals surface area contributed by atoms with Gasteiger partial charge in [0.25, 0.3) is 17.7 Å². The van der Waals surface area contributed by atoms with Gasteiger partial charge in [-0.15, -0.1) is 0 Å². The average Bonchev–Trinajstić information content (AvgIpc) is 3.65. The number of hydrogen-bond acceptors (Lipinski definition) is 12. The zero-order chi connectivity index (χ0) is 45.7. The molecule has 334 valence electrons. The zero-order valence-electron chi connectivity index (χ0n) is 35.5. The minimum Gasteiger partial charge on any atom is -0.493 e. The molecule has 3 heterocycles. The summed E-state index contributed by atoms with van der Waals surface area (Å²) in [5.41, 5.74) is 1.31. The van der Waals surface area contributed by atoms with Crippen molar-refractivity contribution in [2.24, 2.45) is 14.1 Å². The Morgan fingerprint density at radius 3 is 2.31 bits per heavy atom. The normalized spacial score (nSPS) is 15.0. The number of carbonyl (C=O) groups excluding carboxylic acids is 6. The highest BCUT2D eigenvalue weighted by Crippen LogP contribution is 2.35. The van der Waals surface area contributed by atoms with Gasteiger partial charge in [-0.25, -0.2) is 13.2 Å². The maximum Gasteiger partial charge on any atom is 0.328 e. The van der Waals surface area contributed by atoms with E-state index in [1.165, 1.54) is 45.5 Å². The van der Waals surface area contributed by atoms with Gasteiger partial charge in [0, 0.05) is 56.7 Å². The molecule has 1 aromatic heterocycles. The predicted octanol–water partition coefficient (Wildman–Crippen LogP) is 4.77. The maximum absolute atomic E-state index is 14.0. The number of aromatic nitrogens is 2. The van der Waals surface area contributed by atoms with E-state index in [0.29, 0.717) is 54.0 Å². The molecular weight excluding hydrogens is 847 g/mol. The highest BCUT2D eigenvalue weighted by Gasteiger charge is 2.46. The Labute approximate surface area is 368 Å². The van der Waals surface area contributed by atoms with Gasteiger partial charge >= 0.3 is 5.69 Å². The number of aryl methyl sites for hydroxylation is 2. The third kappa shape index (κ3) is 9.61. The molecule has 0 radical (unpaired) electrons. The first-order chi connectivity index (χ1) is 30.7. The van der Waals surface area contributed by atoms with E-state index in [1.54, 1.807) is 56.6 Å². The van der Waals surface area contributed by atoms with E-state index >= 15 is 0 Å². The van der Waals surface area contributed by atoms with Crippen molar-refractivity contribution in [3.8, 4) is 23.0 Å². The number of ether oxygens (including phenoxy) is 3. The number of nitrogens with zero attached hydrogens (tertiary/aromatic N) is 3. The lowest BCUT2D eigenvalue weighted by Gasteiger charge is -2.27. The van der Waals surface area contributed by atoms with Crippen molar-refractivity contribution >= 4 is 56.2 Å². The Morgan fingerprint density at radius 1 is 0.812 bits per heavy atom. The molecule has 2 N–H and O–H groups in total. The summed E-state index contributed by atoms with van der Waals surface area (Å²) in [5.74, 6) is -2.60. The number of Topliss-reactive ketones (excluding diaryl/α,β-unsaturated/α-hetero) is 1. The van der Waals surface area contributed by atoms with Gasteiger partial charge in [-0.3, -0.25) is 48.1 Å². The van der Waals surface area contributed by atoms with Crippen LogP contribution in [0.2, 0.25) is 0 Å². The first kappa shape index (κ1) is 45.0. The Bertz CT molecular complexity index is 2860. The topological polar surface area (TPSA) is 218 Å². The number of ketones is 1. The highest BCUT2D eigenvalue weighted by atomic mass is 32.2. The second-order valence-electron chi connectivity index (χ2n) is 15.6. The van der Waals surface area contributed by atoms with Gasteiger partial charge in [0.2, 0.25) is 11.8 Å². The molecule has 5 aromatic rings. The first-order valence-electron chi connectivity index (χ1n) is 20.9. The molecule has 1 saturated heterocycles. The van der Waals surface area contributed by atoms with E-state index in [1.807, 2.05) is 6.92 Å². The van der Waals surface area contributed by atoms with Gasteiger partial charge < -0.3 is 19.5 Å². The summed E-state index contributed by atoms with van der Waals surface area (Å²) in [4.78, 5) is 89.8. The van der Waals surface area contributed by atoms with Crippen LogP contribution in [0.4, 0.5) is 0 Å². The number of rotatable bonds is 19. The Kier molecular flexibility index (Phi) is 13.4. The highest BCUT2D eigenvalue weighted by molar-refractivity contribution is 7.90. The summed E-state index contributed by atoms with van der Waals surface area (Å²) in [5, 5.41) is 4.87. The predicted molar refractivity (Wildman–Crippen MR) is 232 cm³/mol. The van der Waals surface area contributed by atoms with Gasteiger partial charge in [0.15, 0.2) is 22.2 Å². The average molecular weight is 894 g/mol. The molecule has 1 atom stereocenters. The summed E-state index contributed by atoms with van der Waals surface area (Å²) in [6, 6.07) is 19.4. The number of piperidine rings is 1. The van der Waals surface area contributed by atoms with Crippen molar-refractivity contribution in [1.82, 2.24) is 24.7 Å². The second kappa shape index (κ2) is 19.1. The largest absolute Gasteiger partial charge is 0.493 e. The van der Waals surface area contributed by atoms with Crippen LogP contribution in [0.5, 0.6) is 23.0 Å². The van der Waals surface area contributed by atoms with Crippen molar-refractivity contribution < 1.29 is 51.4 Å². The van der Waals surface area contributed by atoms with Crippen molar-refractivity contribution in [3.63, 3.8) is 0 Å². The lowest BCUT2D eigenvalue weighted by atomic mass is 10.0. The van der Waals surface area contributed by atoms with Crippen LogP contribution < -0.4 is 30.5 Å². The third-order valence-corrected chi connectivity index (χ3v) is 12.7. The van der Waals surface area contributed by atoms with Gasteiger partial charge in [-0.2, -0.15) is 0 Å². The van der Waals surface area contributed by atoms with Gasteiger partial charge in [0.05, 0.1) is 39.4 Å². The lowest BCUT2D eigenvalue weighted by molar-refractivity contribution is -0.136. The molecule has 1 unspecified atom stereocenters. The number of benzene rings is 4. The fraction of sp³-hybridized carbons (Fsp3) is 0.326. The summed E-state index contributed by atoms with van der Waals surface area (Å²) in [6.07, 6.45) is 2.51. The monoisotopic (exact) mass is 893 g/mol. The summed E-state index contributed by atoms with van der Waals surface area (Å²) in [7, 11) is -0.801. The van der Waals surface area contributed by atoms with Crippen LogP contribution in [-0.4, -0.2) is 83.6 Å². The Morgan fingerprint density at radius 2 is 1.55 bits per heavy atom. The molecule has 18 heteroatoms. The second-order valence-corrected chi connectivity index (χ2v) is 17.5. The van der Waals surface area contributed by atoms with Crippen LogP contribution in [0.1, 0.15) is 88.5 Å². The number of imide groups is 2. The Hall–Kier alpha value is -7.08. The van der Waals surface area contributed by atoms with Crippen molar-refractivity contribution in [1.29, 1.82) is 0 Å². The van der Waals surface area contributed by atoms with Crippen LogP contribution in [0.3, 0.4) is 0 Å². The van der Waals surface area contributed by atoms with E-state index in [2.05, 4.69) is 10.6 Å². The van der Waals surface area contributed by atoms with Crippen LogP contribution >= 0.6 is 0 Å². The number of nitrogens with one attached hydrogen (secondary N) is 2. The third-order valence-electron chi connectivity index (χ3n) is 11.0. The summed E-state index contributed by atoms with van der Waals surface area (Å²) >= 11 is 0. The molecule has 1 fully saturated rings. The van der Waals surface area contributed by atoms with Crippen molar-refractivity contribution in [2.45, 2.75) is 68.6 Å². The maximum atomic E-state index is 14.0. The number of sulfone groups is 1. The molecule has 0 spiro atoms. The molecule has 0 saturated carbocycles. The Balaban J connectivity index is 0.914. The fourth-order valence-corrected chi connectivity index (χ4v) is 9.05. The van der Waals surface area contributed by atoms with E-state index in [0.717, 1.165) is 11.3 Å². The van der Waals surface area contributed by atoms with E-state index in [-0.39, 0.29) is 70.4 Å². The van der Waals surface area contributed by atoms with Crippen LogP contribution in [-0.2, 0) is 44.1 Å². The van der Waals surface area contributed by atoms with Crippen molar-refractivity contribution in [3.05, 3.63) is 112 Å². The van der Waals surface area contributed by atoms with Crippen LogP contribution in [0.25, 0.3) is 11.0 Å². The van der Waals surface area contributed by atoms with E-state index in [4.69, 9.17) is 14.2 Å². The molecule has 5 amide bonds. The molecule has 4 aromatic carbocycles. The number of carbonyl (C=O) groups is 6. The standard InChI is InChI=1S/C46H47N5O12S/c1-4-21-61-30-12-9-13-31(24-30)63-39-25-36-35(49(2)46(58)50(36)3)23-29(39)27-64(59,60)32-14-8-11-28(22-32)37(52)16-6-5-7-20-47-41(54)26-62-38-17-10-15-33-42(38)45(57)51(44(33)56)34-18-19-40(53)48-43(34)55/h8-15,17,22-25,34H,4-7,16,18-21,26-27H2,1-3H3,(H,47,54)(H,48,53,55). The molecule has 0 bridgehead atoms. The van der Waals surface area contributed by atoms with Gasteiger partial charge in [0.1, 0.15) is 29.0 Å². The number of amides is 5. The lowest BCUT2D eigenvalue weighted by Crippen LogP contribution is -2.54. The molecule has 2 aliphatic heterocycles. The molecular formula is C46H47N5O12S. The molecule has 0 aliphatic carbocycles. The molecule has 7 rings (SSSR count). The summed E-state index contributed by atoms with van der Waals surface area (Å²) < 4.78 is 48.5. The van der Waals surface area contributed by atoms with Gasteiger partial charge in [-0.1, -0.05) is 37.6 Å². The minimum absolute atomic E-state index is 0.00455. The molecule has 2 aliphatic rings.